The van der Waals surface area contributed by atoms with Gasteiger partial charge in [0.15, 0.2) is 0 Å². The number of aliphatic hydroxyl groups is 2. The number of amides is 3. The minimum absolute atomic E-state index is 0.109. The summed E-state index contributed by atoms with van der Waals surface area (Å²) >= 11 is 0. The number of nitrogens with two attached hydrogens (primary N) is 1. The van der Waals surface area contributed by atoms with Gasteiger partial charge in [0.1, 0.15) is 18.1 Å². The third-order valence-corrected chi connectivity index (χ3v) is 4.78. The molecule has 0 spiro atoms. The SMILES string of the molecule is CC(C)CC(N)C(=O)NC(C(=O)NC(C(=O)NC(Cc1cnc[nH]1)C(=O)O)C(C)O)C(C)O. The Morgan fingerprint density at radius 3 is 1.91 bits per heavy atom. The Morgan fingerprint density at radius 1 is 0.970 bits per heavy atom. The zero-order valence-electron chi connectivity index (χ0n) is 19.1. The molecule has 13 heteroatoms. The van der Waals surface area contributed by atoms with Gasteiger partial charge in [-0.2, -0.15) is 0 Å². The fourth-order valence-electron chi connectivity index (χ4n) is 3.01. The van der Waals surface area contributed by atoms with E-state index in [1.165, 1.54) is 26.4 Å². The Bertz CT molecular complexity index is 797. The maximum atomic E-state index is 12.7. The van der Waals surface area contributed by atoms with Gasteiger partial charge in [0.05, 0.1) is 24.6 Å². The summed E-state index contributed by atoms with van der Waals surface area (Å²) in [4.78, 5) is 55.7. The lowest BCUT2D eigenvalue weighted by atomic mass is 10.0. The number of imidazole rings is 1. The molecule has 0 aliphatic carbocycles. The fraction of sp³-hybridized carbons (Fsp3) is 0.650. The van der Waals surface area contributed by atoms with Crippen LogP contribution in [0.4, 0.5) is 0 Å². The maximum Gasteiger partial charge on any atom is 0.326 e. The Balaban J connectivity index is 2.89. The molecule has 0 radical (unpaired) electrons. The maximum absolute atomic E-state index is 12.7. The van der Waals surface area contributed by atoms with Crippen LogP contribution in [0.2, 0.25) is 0 Å². The molecule has 6 unspecified atom stereocenters. The largest absolute Gasteiger partial charge is 0.480 e. The van der Waals surface area contributed by atoms with E-state index in [1.807, 2.05) is 13.8 Å². The summed E-state index contributed by atoms with van der Waals surface area (Å²) in [5.74, 6) is -3.78. The number of aromatic nitrogens is 2. The van der Waals surface area contributed by atoms with Crippen LogP contribution in [0.1, 0.15) is 39.8 Å². The van der Waals surface area contributed by atoms with Gasteiger partial charge in [-0.05, 0) is 26.2 Å². The van der Waals surface area contributed by atoms with Gasteiger partial charge in [0, 0.05) is 18.3 Å². The molecule has 1 rings (SSSR count). The van der Waals surface area contributed by atoms with Crippen molar-refractivity contribution in [3.63, 3.8) is 0 Å². The number of nitrogens with one attached hydrogen (secondary N) is 4. The molecular weight excluding hydrogens is 436 g/mol. The number of carboxylic acid groups (broad SMARTS) is 1. The highest BCUT2D eigenvalue weighted by Crippen LogP contribution is 2.05. The second-order valence-corrected chi connectivity index (χ2v) is 8.37. The molecule has 0 aromatic carbocycles. The third kappa shape index (κ3) is 9.16. The van der Waals surface area contributed by atoms with Gasteiger partial charge in [0.25, 0.3) is 0 Å². The zero-order chi connectivity index (χ0) is 25.3. The average molecular weight is 471 g/mol. The van der Waals surface area contributed by atoms with Crippen molar-refractivity contribution in [3.8, 4) is 0 Å². The van der Waals surface area contributed by atoms with Crippen LogP contribution in [0.3, 0.4) is 0 Å². The van der Waals surface area contributed by atoms with Crippen LogP contribution in [-0.2, 0) is 25.6 Å². The molecule has 9 N–H and O–H groups in total. The van der Waals surface area contributed by atoms with Crippen molar-refractivity contribution in [2.24, 2.45) is 11.7 Å². The molecule has 6 atom stereocenters. The van der Waals surface area contributed by atoms with E-state index < -0.39 is 60.1 Å². The second-order valence-electron chi connectivity index (χ2n) is 8.37. The average Bonchev–Trinajstić information content (AvgIpc) is 3.21. The molecule has 13 nitrogen and oxygen atoms in total. The number of H-pyrrole nitrogens is 1. The zero-order valence-corrected chi connectivity index (χ0v) is 19.1. The predicted octanol–water partition coefficient (Wildman–Crippen LogP) is -2.37. The predicted molar refractivity (Wildman–Crippen MR) is 117 cm³/mol. The fourth-order valence-corrected chi connectivity index (χ4v) is 3.01. The van der Waals surface area contributed by atoms with Crippen molar-refractivity contribution >= 4 is 23.7 Å². The molecule has 1 aromatic rings. The van der Waals surface area contributed by atoms with Gasteiger partial charge >= 0.3 is 5.97 Å². The normalized spacial score (nSPS) is 16.7. The van der Waals surface area contributed by atoms with Gasteiger partial charge < -0.3 is 42.0 Å². The Labute approximate surface area is 191 Å². The van der Waals surface area contributed by atoms with Crippen LogP contribution in [0, 0.1) is 5.92 Å². The molecule has 0 aliphatic rings. The summed E-state index contributed by atoms with van der Waals surface area (Å²) in [5.41, 5.74) is 6.26. The first-order valence-electron chi connectivity index (χ1n) is 10.6. The molecule has 0 saturated carbocycles. The van der Waals surface area contributed by atoms with Crippen LogP contribution in [0.25, 0.3) is 0 Å². The van der Waals surface area contributed by atoms with Crippen molar-refractivity contribution in [3.05, 3.63) is 18.2 Å². The van der Waals surface area contributed by atoms with Gasteiger partial charge in [-0.15, -0.1) is 0 Å². The number of hydrogen-bond acceptors (Lipinski definition) is 8. The number of carbonyl (C=O) groups is 4. The van der Waals surface area contributed by atoms with Gasteiger partial charge in [-0.1, -0.05) is 13.8 Å². The molecule has 1 heterocycles. The molecule has 1 aromatic heterocycles. The minimum atomic E-state index is -1.55. The number of aliphatic carboxylic acids is 1. The van der Waals surface area contributed by atoms with E-state index in [2.05, 4.69) is 25.9 Å². The van der Waals surface area contributed by atoms with E-state index in [4.69, 9.17) is 5.73 Å². The van der Waals surface area contributed by atoms with Crippen LogP contribution in [0.15, 0.2) is 12.5 Å². The summed E-state index contributed by atoms with van der Waals surface area (Å²) in [5, 5.41) is 36.3. The van der Waals surface area contributed by atoms with Crippen LogP contribution < -0.4 is 21.7 Å². The molecule has 0 bridgehead atoms. The molecular formula is C20H34N6O7. The van der Waals surface area contributed by atoms with Crippen molar-refractivity contribution in [1.29, 1.82) is 0 Å². The summed E-state index contributed by atoms with van der Waals surface area (Å²) in [6.45, 7) is 6.23. The second kappa shape index (κ2) is 12.9. The lowest BCUT2D eigenvalue weighted by Gasteiger charge is -2.27. The molecule has 0 saturated heterocycles. The first-order valence-corrected chi connectivity index (χ1v) is 10.6. The minimum Gasteiger partial charge on any atom is -0.480 e. The Morgan fingerprint density at radius 2 is 1.48 bits per heavy atom. The Hall–Kier alpha value is -3.03. The molecule has 186 valence electrons. The van der Waals surface area contributed by atoms with Crippen molar-refractivity contribution in [1.82, 2.24) is 25.9 Å². The highest BCUT2D eigenvalue weighted by atomic mass is 16.4. The van der Waals surface area contributed by atoms with Crippen LogP contribution in [0.5, 0.6) is 0 Å². The molecule has 0 fully saturated rings. The summed E-state index contributed by atoms with van der Waals surface area (Å²) in [6.07, 6.45) is 0.240. The number of nitrogens with zero attached hydrogens (tertiary/aromatic N) is 1. The van der Waals surface area contributed by atoms with Crippen molar-refractivity contribution < 1.29 is 34.5 Å². The van der Waals surface area contributed by atoms with Crippen molar-refractivity contribution in [2.75, 3.05) is 0 Å². The summed E-state index contributed by atoms with van der Waals surface area (Å²) < 4.78 is 0. The van der Waals surface area contributed by atoms with Gasteiger partial charge in [-0.25, -0.2) is 9.78 Å². The highest BCUT2D eigenvalue weighted by molar-refractivity contribution is 5.94. The van der Waals surface area contributed by atoms with E-state index in [1.54, 1.807) is 0 Å². The van der Waals surface area contributed by atoms with E-state index in [0.717, 1.165) is 0 Å². The molecule has 33 heavy (non-hydrogen) atoms. The Kier molecular flexibility index (Phi) is 10.9. The van der Waals surface area contributed by atoms with Gasteiger partial charge in [0.2, 0.25) is 17.7 Å². The third-order valence-electron chi connectivity index (χ3n) is 4.78. The van der Waals surface area contributed by atoms with Crippen molar-refractivity contribution in [2.45, 2.75) is 76.9 Å². The molecule has 0 aliphatic heterocycles. The quantitative estimate of drug-likeness (QED) is 0.154. The van der Waals surface area contributed by atoms with E-state index in [9.17, 15) is 34.5 Å². The summed E-state index contributed by atoms with van der Waals surface area (Å²) in [7, 11) is 0. The van der Waals surface area contributed by atoms with E-state index in [0.29, 0.717) is 12.1 Å². The number of carboxylic acids is 1. The summed E-state index contributed by atoms with van der Waals surface area (Å²) in [6, 6.07) is -5.28. The molecule has 3 amide bonds. The smallest absolute Gasteiger partial charge is 0.326 e. The highest BCUT2D eigenvalue weighted by Gasteiger charge is 2.34. The van der Waals surface area contributed by atoms with E-state index >= 15 is 0 Å². The number of rotatable bonds is 13. The monoisotopic (exact) mass is 470 g/mol. The van der Waals surface area contributed by atoms with Gasteiger partial charge in [-0.3, -0.25) is 14.4 Å². The topological polar surface area (TPSA) is 220 Å². The number of hydrogen-bond donors (Lipinski definition) is 8. The lowest BCUT2D eigenvalue weighted by Crippen LogP contribution is -2.62. The number of aromatic amines is 1. The van der Waals surface area contributed by atoms with E-state index in [-0.39, 0.29) is 12.3 Å². The number of carbonyl (C=O) groups excluding carboxylic acids is 3. The van der Waals surface area contributed by atoms with Crippen LogP contribution in [-0.4, -0.2) is 85.4 Å². The first-order chi connectivity index (χ1) is 15.3. The standard InChI is InChI=1S/C20H34N6O7/c1-9(2)5-13(21)17(29)25-16(11(4)28)19(31)26-15(10(3)27)18(30)24-14(20(32)33)6-12-7-22-8-23-12/h7-11,13-16,27-28H,5-6,21H2,1-4H3,(H,22,23)(H,24,30)(H,25,29)(H,26,31)(H,32,33). The first kappa shape index (κ1) is 28.0. The number of aliphatic hydroxyl groups excluding tert-OH is 2. The van der Waals surface area contributed by atoms with Crippen LogP contribution >= 0.6 is 0 Å². The lowest BCUT2D eigenvalue weighted by molar-refractivity contribution is -0.143.